The molecule has 0 atom stereocenters. The van der Waals surface area contributed by atoms with Gasteiger partial charge in [-0.25, -0.2) is 9.37 Å². The molecule has 0 aliphatic heterocycles. The van der Waals surface area contributed by atoms with Gasteiger partial charge in [-0.3, -0.25) is 9.89 Å². The Hall–Kier alpha value is -1.76. The topological polar surface area (TPSA) is 61.9 Å². The first-order chi connectivity index (χ1) is 8.97. The highest BCUT2D eigenvalue weighted by Crippen LogP contribution is 2.17. The quantitative estimate of drug-likeness (QED) is 0.941. The van der Waals surface area contributed by atoms with E-state index >= 15 is 0 Å². The number of aromatic amines is 1. The average Bonchev–Trinajstić information content (AvgIpc) is 2.77. The molecule has 0 unspecified atom stereocenters. The molecule has 1 heterocycles. The molecule has 5 nitrogen and oxygen atoms in total. The minimum Gasteiger partial charge on any atom is -0.334 e. The van der Waals surface area contributed by atoms with Crippen molar-refractivity contribution >= 4 is 21.8 Å². The number of carbonyl (C=O) groups is 1. The zero-order valence-corrected chi connectivity index (χ0v) is 12.0. The third kappa shape index (κ3) is 3.17. The molecule has 1 amide bonds. The van der Waals surface area contributed by atoms with E-state index in [9.17, 15) is 9.18 Å². The largest absolute Gasteiger partial charge is 0.334 e. The summed E-state index contributed by atoms with van der Waals surface area (Å²) in [5.41, 5.74) is 0.0177. The van der Waals surface area contributed by atoms with Crippen molar-refractivity contribution in [1.82, 2.24) is 20.1 Å². The molecule has 100 valence electrons. The number of hydrogen-bond donors (Lipinski definition) is 1. The van der Waals surface area contributed by atoms with Gasteiger partial charge in [0.2, 0.25) is 0 Å². The maximum absolute atomic E-state index is 13.6. The van der Waals surface area contributed by atoms with E-state index in [0.29, 0.717) is 16.1 Å². The summed E-state index contributed by atoms with van der Waals surface area (Å²) in [6, 6.07) is 4.25. The number of carbonyl (C=O) groups excluding carboxylic acids is 1. The van der Waals surface area contributed by atoms with Crippen LogP contribution in [0, 0.1) is 12.7 Å². The summed E-state index contributed by atoms with van der Waals surface area (Å²) in [4.78, 5) is 17.6. The lowest BCUT2D eigenvalue weighted by Crippen LogP contribution is -2.27. The standard InChI is InChI=1S/C12H12BrFN4O/c1-7-15-11(17-16-7)6-18(2)12(19)9-5-8(13)3-4-10(9)14/h3-5H,6H2,1-2H3,(H,15,16,17). The van der Waals surface area contributed by atoms with Gasteiger partial charge >= 0.3 is 0 Å². The SMILES string of the molecule is Cc1nc(CN(C)C(=O)c2cc(Br)ccc2F)n[nH]1. The third-order valence-corrected chi connectivity index (χ3v) is 3.02. The minimum atomic E-state index is -0.550. The van der Waals surface area contributed by atoms with Crippen LogP contribution in [0.1, 0.15) is 22.0 Å². The Morgan fingerprint density at radius 2 is 2.26 bits per heavy atom. The molecule has 0 radical (unpaired) electrons. The van der Waals surface area contributed by atoms with Gasteiger partial charge in [-0.1, -0.05) is 15.9 Å². The zero-order chi connectivity index (χ0) is 14.0. The number of aromatic nitrogens is 3. The molecule has 0 bridgehead atoms. The molecule has 0 spiro atoms. The lowest BCUT2D eigenvalue weighted by atomic mass is 10.2. The van der Waals surface area contributed by atoms with Crippen LogP contribution in [0.15, 0.2) is 22.7 Å². The Balaban J connectivity index is 2.16. The molecule has 2 aromatic rings. The Morgan fingerprint density at radius 1 is 1.53 bits per heavy atom. The lowest BCUT2D eigenvalue weighted by molar-refractivity contribution is 0.0777. The Morgan fingerprint density at radius 3 is 2.89 bits per heavy atom. The molecule has 7 heteroatoms. The molecule has 1 aromatic carbocycles. The molecule has 0 aliphatic rings. The fraction of sp³-hybridized carbons (Fsp3) is 0.250. The van der Waals surface area contributed by atoms with Gasteiger partial charge in [-0.15, -0.1) is 0 Å². The van der Waals surface area contributed by atoms with Gasteiger partial charge in [-0.2, -0.15) is 5.10 Å². The van der Waals surface area contributed by atoms with Crippen LogP contribution >= 0.6 is 15.9 Å². The average molecular weight is 327 g/mol. The van der Waals surface area contributed by atoms with Gasteiger partial charge in [-0.05, 0) is 25.1 Å². The Bertz CT molecular complexity index is 614. The van der Waals surface area contributed by atoms with Crippen molar-refractivity contribution in [3.63, 3.8) is 0 Å². The van der Waals surface area contributed by atoms with Gasteiger partial charge in [0.15, 0.2) is 5.82 Å². The number of rotatable bonds is 3. The Labute approximate surface area is 118 Å². The van der Waals surface area contributed by atoms with E-state index in [0.717, 1.165) is 0 Å². The van der Waals surface area contributed by atoms with Crippen LogP contribution in [0.5, 0.6) is 0 Å². The van der Waals surface area contributed by atoms with Gasteiger partial charge in [0.05, 0.1) is 12.1 Å². The Kier molecular flexibility index (Phi) is 3.94. The van der Waals surface area contributed by atoms with Crippen molar-refractivity contribution in [2.24, 2.45) is 0 Å². The fourth-order valence-electron chi connectivity index (χ4n) is 1.61. The highest BCUT2D eigenvalue weighted by Gasteiger charge is 2.18. The summed E-state index contributed by atoms with van der Waals surface area (Å²) < 4.78 is 14.3. The highest BCUT2D eigenvalue weighted by molar-refractivity contribution is 9.10. The van der Waals surface area contributed by atoms with Crippen molar-refractivity contribution in [2.75, 3.05) is 7.05 Å². The highest BCUT2D eigenvalue weighted by atomic mass is 79.9. The van der Waals surface area contributed by atoms with Crippen LogP contribution in [-0.2, 0) is 6.54 Å². The van der Waals surface area contributed by atoms with Crippen molar-refractivity contribution in [3.05, 3.63) is 45.7 Å². The number of H-pyrrole nitrogens is 1. The smallest absolute Gasteiger partial charge is 0.257 e. The fourth-order valence-corrected chi connectivity index (χ4v) is 1.97. The van der Waals surface area contributed by atoms with E-state index in [1.165, 1.54) is 17.0 Å². The number of nitrogens with zero attached hydrogens (tertiary/aromatic N) is 3. The van der Waals surface area contributed by atoms with Crippen molar-refractivity contribution < 1.29 is 9.18 Å². The van der Waals surface area contributed by atoms with Gasteiger partial charge in [0.25, 0.3) is 5.91 Å². The molecule has 0 fully saturated rings. The van der Waals surface area contributed by atoms with Crippen molar-refractivity contribution in [1.29, 1.82) is 0 Å². The first kappa shape index (κ1) is 13.7. The molecule has 1 N–H and O–H groups in total. The number of hydrogen-bond acceptors (Lipinski definition) is 3. The maximum atomic E-state index is 13.6. The van der Waals surface area contributed by atoms with Crippen LogP contribution in [0.25, 0.3) is 0 Å². The van der Waals surface area contributed by atoms with Gasteiger partial charge in [0, 0.05) is 11.5 Å². The third-order valence-electron chi connectivity index (χ3n) is 2.53. The number of aryl methyl sites for hydroxylation is 1. The summed E-state index contributed by atoms with van der Waals surface area (Å²) in [5, 5.41) is 6.63. The zero-order valence-electron chi connectivity index (χ0n) is 10.4. The molecular formula is C12H12BrFN4O. The van der Waals surface area contributed by atoms with Gasteiger partial charge < -0.3 is 4.90 Å². The molecule has 0 saturated carbocycles. The first-order valence-electron chi connectivity index (χ1n) is 5.56. The molecular weight excluding hydrogens is 315 g/mol. The summed E-state index contributed by atoms with van der Waals surface area (Å²) in [6.45, 7) is 1.99. The van der Waals surface area contributed by atoms with Crippen LogP contribution in [0.2, 0.25) is 0 Å². The predicted molar refractivity (Wildman–Crippen MR) is 71.0 cm³/mol. The second kappa shape index (κ2) is 5.48. The predicted octanol–water partition coefficient (Wildman–Crippen LogP) is 2.29. The van der Waals surface area contributed by atoms with E-state index in [1.54, 1.807) is 20.0 Å². The second-order valence-corrected chi connectivity index (χ2v) is 5.04. The van der Waals surface area contributed by atoms with E-state index in [2.05, 4.69) is 31.1 Å². The maximum Gasteiger partial charge on any atom is 0.257 e. The monoisotopic (exact) mass is 326 g/mol. The number of nitrogens with one attached hydrogen (secondary N) is 1. The summed E-state index contributed by atoms with van der Waals surface area (Å²) in [5.74, 6) is 0.195. The lowest BCUT2D eigenvalue weighted by Gasteiger charge is -2.15. The van der Waals surface area contributed by atoms with Crippen LogP contribution in [0.3, 0.4) is 0 Å². The molecule has 0 aliphatic carbocycles. The number of amides is 1. The van der Waals surface area contributed by atoms with E-state index in [4.69, 9.17) is 0 Å². The molecule has 0 saturated heterocycles. The first-order valence-corrected chi connectivity index (χ1v) is 6.35. The molecule has 2 rings (SSSR count). The van der Waals surface area contributed by atoms with Crippen molar-refractivity contribution in [2.45, 2.75) is 13.5 Å². The van der Waals surface area contributed by atoms with E-state index in [-0.39, 0.29) is 12.1 Å². The van der Waals surface area contributed by atoms with Gasteiger partial charge in [0.1, 0.15) is 11.6 Å². The number of halogens is 2. The molecule has 19 heavy (non-hydrogen) atoms. The van der Waals surface area contributed by atoms with Crippen LogP contribution in [-0.4, -0.2) is 33.0 Å². The van der Waals surface area contributed by atoms with Crippen LogP contribution in [0.4, 0.5) is 4.39 Å². The summed E-state index contributed by atoms with van der Waals surface area (Å²) in [6.07, 6.45) is 0. The second-order valence-electron chi connectivity index (χ2n) is 4.12. The summed E-state index contributed by atoms with van der Waals surface area (Å²) in [7, 11) is 1.58. The molecule has 1 aromatic heterocycles. The van der Waals surface area contributed by atoms with Crippen LogP contribution < -0.4 is 0 Å². The normalized spacial score (nSPS) is 10.5. The van der Waals surface area contributed by atoms with Crippen molar-refractivity contribution in [3.8, 4) is 0 Å². The van der Waals surface area contributed by atoms with E-state index in [1.807, 2.05) is 0 Å². The van der Waals surface area contributed by atoms with E-state index < -0.39 is 11.7 Å². The number of benzene rings is 1. The minimum absolute atomic E-state index is 0.0177. The summed E-state index contributed by atoms with van der Waals surface area (Å²) >= 11 is 3.22.